The topological polar surface area (TPSA) is 77.8 Å². The predicted molar refractivity (Wildman–Crippen MR) is 106 cm³/mol. The number of nitrogens with one attached hydrogen (secondary N) is 2. The van der Waals surface area contributed by atoms with Gasteiger partial charge in [-0.15, -0.1) is 0 Å². The van der Waals surface area contributed by atoms with E-state index in [0.717, 1.165) is 40.7 Å². The number of amides is 1. The number of hydrogen-bond donors (Lipinski definition) is 2. The van der Waals surface area contributed by atoms with Gasteiger partial charge in [-0.1, -0.05) is 30.3 Å². The van der Waals surface area contributed by atoms with Crippen LogP contribution in [0.4, 0.5) is 11.4 Å². The molecule has 1 aliphatic carbocycles. The van der Waals surface area contributed by atoms with Crippen molar-refractivity contribution in [3.8, 4) is 6.07 Å². The van der Waals surface area contributed by atoms with E-state index in [0.29, 0.717) is 5.69 Å². The summed E-state index contributed by atoms with van der Waals surface area (Å²) in [4.78, 5) is 16.2. The Morgan fingerprint density at radius 3 is 2.63 bits per heavy atom. The maximum Gasteiger partial charge on any atom is 0.227 e. The van der Waals surface area contributed by atoms with Crippen molar-refractivity contribution < 1.29 is 4.79 Å². The Hall–Kier alpha value is -3.39. The highest BCUT2D eigenvalue weighted by atomic mass is 16.2. The normalized spacial score (nSPS) is 14.4. The van der Waals surface area contributed by atoms with E-state index in [-0.39, 0.29) is 17.9 Å². The summed E-state index contributed by atoms with van der Waals surface area (Å²) in [6.07, 6.45) is 1.99. The number of nitriles is 1. The van der Waals surface area contributed by atoms with Gasteiger partial charge in [0.15, 0.2) is 0 Å². The molecule has 1 aromatic heterocycles. The quantitative estimate of drug-likeness (QED) is 0.699. The lowest BCUT2D eigenvalue weighted by Crippen LogP contribution is -2.13. The number of rotatable bonds is 5. The van der Waals surface area contributed by atoms with Crippen molar-refractivity contribution in [2.24, 2.45) is 5.92 Å². The summed E-state index contributed by atoms with van der Waals surface area (Å²) in [5.74, 6) is 0.306. The average molecular weight is 356 g/mol. The molecule has 2 N–H and O–H groups in total. The molecule has 134 valence electrons. The van der Waals surface area contributed by atoms with Crippen LogP contribution in [0.5, 0.6) is 0 Å². The highest BCUT2D eigenvalue weighted by Gasteiger charge is 2.29. The van der Waals surface area contributed by atoms with Crippen LogP contribution < -0.4 is 10.6 Å². The minimum Gasteiger partial charge on any atom is -0.378 e. The van der Waals surface area contributed by atoms with Crippen molar-refractivity contribution in [3.05, 3.63) is 65.9 Å². The minimum atomic E-state index is 0.0375. The minimum absolute atomic E-state index is 0.0375. The highest BCUT2D eigenvalue weighted by Crippen LogP contribution is 2.31. The number of nitrogens with zero attached hydrogens (tertiary/aromatic N) is 2. The molecule has 0 aliphatic heterocycles. The van der Waals surface area contributed by atoms with E-state index in [1.165, 1.54) is 0 Å². The number of pyridine rings is 1. The van der Waals surface area contributed by atoms with Crippen molar-refractivity contribution in [2.75, 3.05) is 10.6 Å². The van der Waals surface area contributed by atoms with Crippen LogP contribution in [0.15, 0.2) is 54.6 Å². The maximum absolute atomic E-state index is 11.9. The van der Waals surface area contributed by atoms with E-state index in [2.05, 4.69) is 28.6 Å². The molecule has 3 aromatic rings. The Morgan fingerprint density at radius 1 is 1.19 bits per heavy atom. The number of carbonyl (C=O) groups excluding carboxylic acids is 1. The van der Waals surface area contributed by atoms with Gasteiger partial charge < -0.3 is 10.6 Å². The Labute approximate surface area is 158 Å². The third-order valence-corrected chi connectivity index (χ3v) is 4.83. The molecular formula is C22H20N4O. The standard InChI is InChI=1S/C22H20N4O/c1-14(15-8-10-17(11-9-15)26-22(27)16-6-7-16)24-21-12-18(13-23)25-20-5-3-2-4-19(20)21/h2-5,8-12,14,16H,6-7H2,1H3,(H,24,25)(H,26,27). The number of carbonyl (C=O) groups is 1. The molecule has 1 saturated carbocycles. The fraction of sp³-hybridized carbons (Fsp3) is 0.227. The number of para-hydroxylation sites is 1. The van der Waals surface area contributed by atoms with Crippen molar-refractivity contribution in [2.45, 2.75) is 25.8 Å². The van der Waals surface area contributed by atoms with Crippen LogP contribution in [0.25, 0.3) is 10.9 Å². The van der Waals surface area contributed by atoms with E-state index < -0.39 is 0 Å². The fourth-order valence-corrected chi connectivity index (χ4v) is 3.11. The van der Waals surface area contributed by atoms with Gasteiger partial charge in [0.05, 0.1) is 5.52 Å². The van der Waals surface area contributed by atoms with Crippen LogP contribution in [0.1, 0.15) is 37.1 Å². The molecule has 1 aliphatic rings. The van der Waals surface area contributed by atoms with Crippen LogP contribution in [-0.2, 0) is 4.79 Å². The number of anilines is 2. The maximum atomic E-state index is 11.9. The van der Waals surface area contributed by atoms with Gasteiger partial charge in [-0.3, -0.25) is 4.79 Å². The van der Waals surface area contributed by atoms with Gasteiger partial charge in [0.2, 0.25) is 5.91 Å². The molecule has 0 radical (unpaired) electrons. The van der Waals surface area contributed by atoms with E-state index in [1.807, 2.05) is 48.5 Å². The van der Waals surface area contributed by atoms with Crippen molar-refractivity contribution in [1.82, 2.24) is 4.98 Å². The molecule has 5 heteroatoms. The zero-order valence-corrected chi connectivity index (χ0v) is 15.1. The number of hydrogen-bond acceptors (Lipinski definition) is 4. The molecule has 27 heavy (non-hydrogen) atoms. The number of fused-ring (bicyclic) bond motifs is 1. The Morgan fingerprint density at radius 2 is 1.93 bits per heavy atom. The van der Waals surface area contributed by atoms with Gasteiger partial charge >= 0.3 is 0 Å². The molecule has 1 unspecified atom stereocenters. The first-order valence-corrected chi connectivity index (χ1v) is 9.11. The summed E-state index contributed by atoms with van der Waals surface area (Å²) in [6.45, 7) is 2.07. The van der Waals surface area contributed by atoms with Gasteiger partial charge in [-0.05, 0) is 49.6 Å². The first kappa shape index (κ1) is 17.0. The van der Waals surface area contributed by atoms with E-state index >= 15 is 0 Å². The van der Waals surface area contributed by atoms with Crippen LogP contribution in [-0.4, -0.2) is 10.9 Å². The second kappa shape index (κ2) is 7.08. The molecule has 1 atom stereocenters. The predicted octanol–water partition coefficient (Wildman–Crippen LogP) is 4.63. The second-order valence-electron chi connectivity index (χ2n) is 6.94. The van der Waals surface area contributed by atoms with Crippen molar-refractivity contribution in [3.63, 3.8) is 0 Å². The molecule has 1 heterocycles. The summed E-state index contributed by atoms with van der Waals surface area (Å²) < 4.78 is 0. The van der Waals surface area contributed by atoms with Crippen LogP contribution in [0.2, 0.25) is 0 Å². The fourth-order valence-electron chi connectivity index (χ4n) is 3.11. The summed E-state index contributed by atoms with van der Waals surface area (Å²) in [5.41, 5.74) is 3.99. The summed E-state index contributed by atoms with van der Waals surface area (Å²) in [6, 6.07) is 19.6. The zero-order chi connectivity index (χ0) is 18.8. The highest BCUT2D eigenvalue weighted by molar-refractivity contribution is 5.94. The monoisotopic (exact) mass is 356 g/mol. The Balaban J connectivity index is 1.53. The van der Waals surface area contributed by atoms with Crippen molar-refractivity contribution >= 4 is 28.2 Å². The SMILES string of the molecule is CC(Nc1cc(C#N)nc2ccccc12)c1ccc(NC(=O)C2CC2)cc1. The first-order valence-electron chi connectivity index (χ1n) is 9.11. The van der Waals surface area contributed by atoms with E-state index in [1.54, 1.807) is 6.07 Å². The van der Waals surface area contributed by atoms with E-state index in [9.17, 15) is 10.1 Å². The van der Waals surface area contributed by atoms with Crippen molar-refractivity contribution in [1.29, 1.82) is 5.26 Å². The van der Waals surface area contributed by atoms with Gasteiger partial charge in [-0.2, -0.15) is 5.26 Å². The number of aromatic nitrogens is 1. The first-order chi connectivity index (χ1) is 13.1. The van der Waals surface area contributed by atoms with Crippen LogP contribution >= 0.6 is 0 Å². The summed E-state index contributed by atoms with van der Waals surface area (Å²) in [7, 11) is 0. The number of benzene rings is 2. The lowest BCUT2D eigenvalue weighted by Gasteiger charge is -2.18. The molecule has 0 saturated heterocycles. The van der Waals surface area contributed by atoms with Gasteiger partial charge in [-0.25, -0.2) is 4.98 Å². The molecule has 0 bridgehead atoms. The zero-order valence-electron chi connectivity index (χ0n) is 15.1. The lowest BCUT2D eigenvalue weighted by molar-refractivity contribution is -0.117. The van der Waals surface area contributed by atoms with Gasteiger partial charge in [0.1, 0.15) is 11.8 Å². The third-order valence-electron chi connectivity index (χ3n) is 4.83. The molecule has 1 amide bonds. The molecule has 1 fully saturated rings. The third kappa shape index (κ3) is 3.75. The summed E-state index contributed by atoms with van der Waals surface area (Å²) >= 11 is 0. The van der Waals surface area contributed by atoms with Gasteiger partial charge in [0, 0.05) is 28.7 Å². The van der Waals surface area contributed by atoms with Crippen LogP contribution in [0, 0.1) is 17.2 Å². The lowest BCUT2D eigenvalue weighted by atomic mass is 10.1. The molecule has 2 aromatic carbocycles. The average Bonchev–Trinajstić information content (AvgIpc) is 3.53. The molecule has 5 nitrogen and oxygen atoms in total. The summed E-state index contributed by atoms with van der Waals surface area (Å²) in [5, 5.41) is 16.7. The molecular weight excluding hydrogens is 336 g/mol. The van der Waals surface area contributed by atoms with Gasteiger partial charge in [0.25, 0.3) is 0 Å². The Bertz CT molecular complexity index is 1030. The molecule has 0 spiro atoms. The van der Waals surface area contributed by atoms with Crippen LogP contribution in [0.3, 0.4) is 0 Å². The molecule has 4 rings (SSSR count). The largest absolute Gasteiger partial charge is 0.378 e. The second-order valence-corrected chi connectivity index (χ2v) is 6.94. The smallest absolute Gasteiger partial charge is 0.227 e. The van der Waals surface area contributed by atoms with E-state index in [4.69, 9.17) is 0 Å². The Kier molecular flexibility index (Phi) is 4.47.